The highest BCUT2D eigenvalue weighted by Crippen LogP contribution is 2.22. The second-order valence-corrected chi connectivity index (χ2v) is 6.42. The van der Waals surface area contributed by atoms with Gasteiger partial charge in [0.25, 0.3) is 0 Å². The highest BCUT2D eigenvalue weighted by Gasteiger charge is 2.20. The molecule has 0 aliphatic heterocycles. The van der Waals surface area contributed by atoms with E-state index in [0.29, 0.717) is 18.7 Å². The number of methoxy groups -OCH3 is 1. The van der Waals surface area contributed by atoms with E-state index in [2.05, 4.69) is 5.32 Å². The lowest BCUT2D eigenvalue weighted by Crippen LogP contribution is -2.34. The molecular weight excluding hydrogens is 282 g/mol. The number of primary sulfonamides is 1. The van der Waals surface area contributed by atoms with Gasteiger partial charge in [-0.15, -0.1) is 0 Å². The van der Waals surface area contributed by atoms with Gasteiger partial charge in [-0.2, -0.15) is 0 Å². The summed E-state index contributed by atoms with van der Waals surface area (Å²) >= 11 is 0. The van der Waals surface area contributed by atoms with Crippen LogP contribution in [0.25, 0.3) is 0 Å². The highest BCUT2D eigenvalue weighted by molar-refractivity contribution is 7.89. The maximum Gasteiger partial charge on any atom is 0.240 e. The molecule has 0 saturated heterocycles. The van der Waals surface area contributed by atoms with E-state index in [-0.39, 0.29) is 17.1 Å². The number of hydrogen-bond acceptors (Lipinski definition) is 6. The zero-order valence-corrected chi connectivity index (χ0v) is 12.4. The van der Waals surface area contributed by atoms with Crippen LogP contribution in [0.4, 0.5) is 11.4 Å². The van der Waals surface area contributed by atoms with Crippen molar-refractivity contribution in [1.29, 1.82) is 0 Å². The van der Waals surface area contributed by atoms with Crippen molar-refractivity contribution in [2.75, 3.05) is 31.3 Å². The average molecular weight is 303 g/mol. The van der Waals surface area contributed by atoms with E-state index in [1.165, 1.54) is 12.1 Å². The number of aliphatic hydroxyl groups is 1. The second kappa shape index (κ2) is 6.40. The summed E-state index contributed by atoms with van der Waals surface area (Å²) in [5.74, 6) is 0. The largest absolute Gasteiger partial charge is 0.398 e. The average Bonchev–Trinajstić information content (AvgIpc) is 2.33. The molecule has 1 aromatic rings. The molecular formula is C12H21N3O4S. The summed E-state index contributed by atoms with van der Waals surface area (Å²) in [6.45, 7) is 2.41. The summed E-state index contributed by atoms with van der Waals surface area (Å²) < 4.78 is 27.4. The van der Waals surface area contributed by atoms with Crippen molar-refractivity contribution in [2.24, 2.45) is 5.14 Å². The molecule has 0 heterocycles. The van der Waals surface area contributed by atoms with Crippen LogP contribution in [0.3, 0.4) is 0 Å². The zero-order valence-electron chi connectivity index (χ0n) is 11.6. The molecule has 0 aromatic heterocycles. The van der Waals surface area contributed by atoms with E-state index in [4.69, 9.17) is 15.6 Å². The van der Waals surface area contributed by atoms with Crippen molar-refractivity contribution in [3.8, 4) is 0 Å². The van der Waals surface area contributed by atoms with Crippen molar-refractivity contribution in [1.82, 2.24) is 0 Å². The first-order chi connectivity index (χ1) is 9.15. The van der Waals surface area contributed by atoms with Crippen LogP contribution < -0.4 is 16.2 Å². The molecule has 0 aliphatic rings. The lowest BCUT2D eigenvalue weighted by atomic mass is 10.0. The van der Waals surface area contributed by atoms with Gasteiger partial charge < -0.3 is 20.9 Å². The third-order valence-electron chi connectivity index (χ3n) is 2.83. The summed E-state index contributed by atoms with van der Waals surface area (Å²) in [5.41, 5.74) is 5.37. The maximum absolute atomic E-state index is 11.2. The molecule has 0 spiro atoms. The molecule has 0 radical (unpaired) electrons. The van der Waals surface area contributed by atoms with Gasteiger partial charge in [-0.25, -0.2) is 13.6 Å². The van der Waals surface area contributed by atoms with Crippen molar-refractivity contribution in [3.05, 3.63) is 18.2 Å². The van der Waals surface area contributed by atoms with Crippen LogP contribution in [0.2, 0.25) is 0 Å². The number of nitrogens with one attached hydrogen (secondary N) is 1. The SMILES string of the molecule is COCCC(C)(O)CNc1ccc(S(N)(=O)=O)c(N)c1. The van der Waals surface area contributed by atoms with Gasteiger partial charge in [-0.05, 0) is 25.1 Å². The fourth-order valence-corrected chi connectivity index (χ4v) is 2.27. The van der Waals surface area contributed by atoms with Crippen LogP contribution in [0.5, 0.6) is 0 Å². The first-order valence-electron chi connectivity index (χ1n) is 6.03. The molecule has 1 rings (SSSR count). The molecule has 6 N–H and O–H groups in total. The number of ether oxygens (including phenoxy) is 1. The van der Waals surface area contributed by atoms with Crippen LogP contribution in [0, 0.1) is 0 Å². The molecule has 114 valence electrons. The van der Waals surface area contributed by atoms with Gasteiger partial charge in [-0.3, -0.25) is 0 Å². The molecule has 1 unspecified atom stereocenters. The van der Waals surface area contributed by atoms with Gasteiger partial charge >= 0.3 is 0 Å². The predicted octanol–water partition coefficient (Wildman–Crippen LogP) is 0.116. The quantitative estimate of drug-likeness (QED) is 0.530. The molecule has 0 amide bonds. The molecule has 0 aliphatic carbocycles. The summed E-state index contributed by atoms with van der Waals surface area (Å²) in [6.07, 6.45) is 0.473. The Bertz CT molecular complexity index is 558. The van der Waals surface area contributed by atoms with Gasteiger partial charge in [-0.1, -0.05) is 0 Å². The number of anilines is 2. The van der Waals surface area contributed by atoms with E-state index >= 15 is 0 Å². The van der Waals surface area contributed by atoms with Gasteiger partial charge in [0, 0.05) is 32.4 Å². The third-order valence-corrected chi connectivity index (χ3v) is 3.82. The smallest absolute Gasteiger partial charge is 0.240 e. The molecule has 0 saturated carbocycles. The van der Waals surface area contributed by atoms with Gasteiger partial charge in [0.1, 0.15) is 4.90 Å². The Kier molecular flexibility index (Phi) is 5.35. The summed E-state index contributed by atoms with van der Waals surface area (Å²) in [4.78, 5) is -0.116. The van der Waals surface area contributed by atoms with Gasteiger partial charge in [0.15, 0.2) is 0 Å². The van der Waals surface area contributed by atoms with Crippen LogP contribution in [0.15, 0.2) is 23.1 Å². The van der Waals surface area contributed by atoms with E-state index in [1.54, 1.807) is 20.1 Å². The summed E-state index contributed by atoms with van der Waals surface area (Å²) in [6, 6.07) is 4.34. The number of sulfonamides is 1. The first-order valence-corrected chi connectivity index (χ1v) is 7.58. The number of rotatable bonds is 7. The minimum atomic E-state index is -3.82. The predicted molar refractivity (Wildman–Crippen MR) is 77.8 cm³/mol. The molecule has 0 fully saturated rings. The number of nitrogens with two attached hydrogens (primary N) is 2. The Balaban J connectivity index is 2.73. The fraction of sp³-hybridized carbons (Fsp3) is 0.500. The molecule has 20 heavy (non-hydrogen) atoms. The zero-order chi connectivity index (χ0) is 15.4. The van der Waals surface area contributed by atoms with Crippen LogP contribution in [-0.4, -0.2) is 39.4 Å². The lowest BCUT2D eigenvalue weighted by Gasteiger charge is -2.24. The minimum absolute atomic E-state index is 0.0639. The van der Waals surface area contributed by atoms with Crippen molar-refractivity contribution in [2.45, 2.75) is 23.8 Å². The Morgan fingerprint density at radius 1 is 1.45 bits per heavy atom. The Labute approximate surface area is 119 Å². The Hall–Kier alpha value is -1.35. The molecule has 1 aromatic carbocycles. The Morgan fingerprint density at radius 2 is 2.10 bits per heavy atom. The monoisotopic (exact) mass is 303 g/mol. The van der Waals surface area contributed by atoms with Crippen LogP contribution >= 0.6 is 0 Å². The third kappa shape index (κ3) is 4.97. The van der Waals surface area contributed by atoms with E-state index in [0.717, 1.165) is 0 Å². The van der Waals surface area contributed by atoms with E-state index in [9.17, 15) is 13.5 Å². The highest BCUT2D eigenvalue weighted by atomic mass is 32.2. The normalized spacial score (nSPS) is 14.8. The van der Waals surface area contributed by atoms with Gasteiger partial charge in [0.05, 0.1) is 11.3 Å². The maximum atomic E-state index is 11.2. The molecule has 1 atom stereocenters. The second-order valence-electron chi connectivity index (χ2n) is 4.89. The summed E-state index contributed by atoms with van der Waals surface area (Å²) in [7, 11) is -2.26. The van der Waals surface area contributed by atoms with Crippen molar-refractivity contribution in [3.63, 3.8) is 0 Å². The topological polar surface area (TPSA) is 128 Å². The van der Waals surface area contributed by atoms with E-state index in [1.807, 2.05) is 0 Å². The van der Waals surface area contributed by atoms with Crippen molar-refractivity contribution < 1.29 is 18.3 Å². The van der Waals surface area contributed by atoms with Crippen LogP contribution in [0.1, 0.15) is 13.3 Å². The molecule has 7 nitrogen and oxygen atoms in total. The number of hydrogen-bond donors (Lipinski definition) is 4. The standard InChI is InChI=1S/C12H21N3O4S/c1-12(16,5-6-19-2)8-15-9-3-4-11(10(13)7-9)20(14,17)18/h3-4,7,15-16H,5-6,8,13H2,1-2H3,(H2,14,17,18). The lowest BCUT2D eigenvalue weighted by molar-refractivity contribution is 0.0357. The number of nitrogen functional groups attached to an aromatic ring is 1. The minimum Gasteiger partial charge on any atom is -0.398 e. The number of benzene rings is 1. The van der Waals surface area contributed by atoms with Gasteiger partial charge in [0.2, 0.25) is 10.0 Å². The molecule has 0 bridgehead atoms. The first kappa shape index (κ1) is 16.7. The van der Waals surface area contributed by atoms with Crippen molar-refractivity contribution >= 4 is 21.4 Å². The van der Waals surface area contributed by atoms with Crippen LogP contribution in [-0.2, 0) is 14.8 Å². The Morgan fingerprint density at radius 3 is 2.60 bits per heavy atom. The summed E-state index contributed by atoms with van der Waals surface area (Å²) in [5, 5.41) is 18.1. The fourth-order valence-electron chi connectivity index (χ4n) is 1.62. The van der Waals surface area contributed by atoms with E-state index < -0.39 is 15.6 Å². The molecule has 8 heteroatoms.